The van der Waals surface area contributed by atoms with Crippen molar-refractivity contribution in [2.24, 2.45) is 0 Å². The molecule has 1 aliphatic rings. The molecule has 1 saturated carbocycles. The Bertz CT molecular complexity index is 643. The first-order valence-electron chi connectivity index (χ1n) is 5.99. The Hall–Kier alpha value is -2.44. The Morgan fingerprint density at radius 1 is 1.53 bits per heavy atom. The second-order valence-electron chi connectivity index (χ2n) is 4.44. The van der Waals surface area contributed by atoms with E-state index in [0.717, 1.165) is 12.8 Å². The molecular formula is C12H12N4O3. The lowest BCUT2D eigenvalue weighted by Gasteiger charge is -2.04. The number of H-pyrrole nitrogens is 1. The van der Waals surface area contributed by atoms with E-state index in [1.165, 1.54) is 18.7 Å². The Morgan fingerprint density at radius 2 is 2.37 bits per heavy atom. The van der Waals surface area contributed by atoms with Crippen LogP contribution in [0.15, 0.2) is 27.9 Å². The molecule has 2 heterocycles. The highest BCUT2D eigenvalue weighted by molar-refractivity contribution is 5.92. The molecule has 98 valence electrons. The smallest absolute Gasteiger partial charge is 0.270 e. The van der Waals surface area contributed by atoms with Gasteiger partial charge in [-0.3, -0.25) is 9.59 Å². The van der Waals surface area contributed by atoms with Crippen molar-refractivity contribution in [3.8, 4) is 0 Å². The number of nitrogens with one attached hydrogen (secondary N) is 2. The van der Waals surface area contributed by atoms with Gasteiger partial charge >= 0.3 is 0 Å². The van der Waals surface area contributed by atoms with Crippen LogP contribution in [-0.4, -0.2) is 20.9 Å². The highest BCUT2D eigenvalue weighted by Crippen LogP contribution is 2.37. The number of carbonyl (C=O) groups excluding carboxylic acids is 1. The third kappa shape index (κ3) is 2.70. The lowest BCUT2D eigenvalue weighted by Crippen LogP contribution is -2.26. The van der Waals surface area contributed by atoms with Crippen molar-refractivity contribution in [1.82, 2.24) is 20.3 Å². The number of amides is 1. The number of hydrogen-bond acceptors (Lipinski definition) is 5. The van der Waals surface area contributed by atoms with E-state index >= 15 is 0 Å². The zero-order valence-electron chi connectivity index (χ0n) is 10.0. The molecule has 0 radical (unpaired) electrons. The summed E-state index contributed by atoms with van der Waals surface area (Å²) >= 11 is 0. The lowest BCUT2D eigenvalue weighted by atomic mass is 10.3. The quantitative estimate of drug-likeness (QED) is 0.836. The predicted octanol–water partition coefficient (Wildman–Crippen LogP) is 0.565. The predicted molar refractivity (Wildman–Crippen MR) is 64.5 cm³/mol. The Labute approximate surface area is 108 Å². The zero-order valence-corrected chi connectivity index (χ0v) is 10.0. The molecule has 2 aromatic rings. The molecule has 0 unspecified atom stereocenters. The fourth-order valence-electron chi connectivity index (χ4n) is 1.73. The molecule has 19 heavy (non-hydrogen) atoms. The molecule has 1 amide bonds. The number of hydrogen-bond donors (Lipinski definition) is 2. The zero-order chi connectivity index (χ0) is 13.2. The van der Waals surface area contributed by atoms with Gasteiger partial charge in [-0.1, -0.05) is 0 Å². The molecule has 0 spiro atoms. The minimum Gasteiger partial charge on any atom is -0.447 e. The van der Waals surface area contributed by atoms with E-state index in [1.807, 2.05) is 0 Å². The van der Waals surface area contributed by atoms with Crippen molar-refractivity contribution in [3.05, 3.63) is 46.3 Å². The summed E-state index contributed by atoms with van der Waals surface area (Å²) < 4.78 is 5.00. The summed E-state index contributed by atoms with van der Waals surface area (Å²) in [6.07, 6.45) is 4.82. The van der Waals surface area contributed by atoms with E-state index in [-0.39, 0.29) is 23.7 Å². The van der Waals surface area contributed by atoms with Crippen LogP contribution in [0.3, 0.4) is 0 Å². The first-order chi connectivity index (χ1) is 9.22. The van der Waals surface area contributed by atoms with Gasteiger partial charge < -0.3 is 14.7 Å². The van der Waals surface area contributed by atoms with Gasteiger partial charge in [-0.15, -0.1) is 0 Å². The van der Waals surface area contributed by atoms with E-state index in [4.69, 9.17) is 4.42 Å². The molecular weight excluding hydrogens is 248 g/mol. The van der Waals surface area contributed by atoms with Crippen molar-refractivity contribution in [1.29, 1.82) is 0 Å². The standard InChI is InChI=1S/C12H12N4O3/c17-10-3-9(15-11(16-10)7-1-2-7)12(18)14-5-8-4-13-6-19-8/h3-4,6-7H,1-2,5H2,(H,14,18)(H,15,16,17). The summed E-state index contributed by atoms with van der Waals surface area (Å²) in [7, 11) is 0. The second kappa shape index (κ2) is 4.68. The van der Waals surface area contributed by atoms with Crippen LogP contribution in [0.4, 0.5) is 0 Å². The lowest BCUT2D eigenvalue weighted by molar-refractivity contribution is 0.0942. The van der Waals surface area contributed by atoms with Crippen LogP contribution in [0.5, 0.6) is 0 Å². The highest BCUT2D eigenvalue weighted by atomic mass is 16.3. The van der Waals surface area contributed by atoms with Gasteiger partial charge in [0.2, 0.25) is 0 Å². The molecule has 1 aliphatic carbocycles. The maximum absolute atomic E-state index is 11.9. The van der Waals surface area contributed by atoms with Crippen LogP contribution in [0.1, 0.15) is 40.8 Å². The Balaban J connectivity index is 1.73. The van der Waals surface area contributed by atoms with Gasteiger partial charge in [-0.05, 0) is 12.8 Å². The molecule has 0 aromatic carbocycles. The van der Waals surface area contributed by atoms with Crippen LogP contribution >= 0.6 is 0 Å². The van der Waals surface area contributed by atoms with E-state index in [9.17, 15) is 9.59 Å². The topological polar surface area (TPSA) is 101 Å². The van der Waals surface area contributed by atoms with Crippen molar-refractivity contribution in [2.45, 2.75) is 25.3 Å². The number of aromatic amines is 1. The Kier molecular flexibility index (Phi) is 2.86. The van der Waals surface area contributed by atoms with Gasteiger partial charge in [0.25, 0.3) is 11.5 Å². The fourth-order valence-corrected chi connectivity index (χ4v) is 1.73. The van der Waals surface area contributed by atoms with Gasteiger partial charge in [-0.2, -0.15) is 0 Å². The molecule has 3 rings (SSSR count). The minimum atomic E-state index is -0.399. The van der Waals surface area contributed by atoms with E-state index in [0.29, 0.717) is 11.6 Å². The summed E-state index contributed by atoms with van der Waals surface area (Å²) in [6, 6.07) is 1.20. The first-order valence-corrected chi connectivity index (χ1v) is 5.99. The SMILES string of the molecule is O=C(NCc1cnco1)c1cc(=O)[nH]c(C2CC2)n1. The molecule has 0 aliphatic heterocycles. The van der Waals surface area contributed by atoms with Gasteiger partial charge in [0.1, 0.15) is 17.3 Å². The summed E-state index contributed by atoms with van der Waals surface area (Å²) in [5.74, 6) is 1.03. The molecule has 7 heteroatoms. The van der Waals surface area contributed by atoms with Crippen LogP contribution < -0.4 is 10.9 Å². The average Bonchev–Trinajstić information content (AvgIpc) is 3.13. The third-order valence-corrected chi connectivity index (χ3v) is 2.86. The van der Waals surface area contributed by atoms with Gasteiger partial charge in [-0.25, -0.2) is 9.97 Å². The maximum atomic E-state index is 11.9. The van der Waals surface area contributed by atoms with Crippen molar-refractivity contribution in [2.75, 3.05) is 0 Å². The van der Waals surface area contributed by atoms with Crippen LogP contribution in [-0.2, 0) is 6.54 Å². The van der Waals surface area contributed by atoms with Crippen LogP contribution in [0, 0.1) is 0 Å². The van der Waals surface area contributed by atoms with Gasteiger partial charge in [0.05, 0.1) is 12.7 Å². The fraction of sp³-hybridized carbons (Fsp3) is 0.333. The second-order valence-corrected chi connectivity index (χ2v) is 4.44. The van der Waals surface area contributed by atoms with Crippen LogP contribution in [0.2, 0.25) is 0 Å². The van der Waals surface area contributed by atoms with Gasteiger partial charge in [0.15, 0.2) is 6.39 Å². The number of nitrogens with zero attached hydrogens (tertiary/aromatic N) is 2. The van der Waals surface area contributed by atoms with Crippen molar-refractivity contribution >= 4 is 5.91 Å². The van der Waals surface area contributed by atoms with Crippen molar-refractivity contribution in [3.63, 3.8) is 0 Å². The summed E-state index contributed by atoms with van der Waals surface area (Å²) in [5, 5.41) is 2.63. The Morgan fingerprint density at radius 3 is 3.05 bits per heavy atom. The summed E-state index contributed by atoms with van der Waals surface area (Å²) in [5.41, 5.74) is -0.174. The number of oxazole rings is 1. The minimum absolute atomic E-state index is 0.130. The molecule has 0 bridgehead atoms. The molecule has 2 N–H and O–H groups in total. The first kappa shape index (κ1) is 11.6. The third-order valence-electron chi connectivity index (χ3n) is 2.86. The molecule has 0 saturated heterocycles. The molecule has 1 fully saturated rings. The highest BCUT2D eigenvalue weighted by Gasteiger charge is 2.27. The number of carbonyl (C=O) groups is 1. The van der Waals surface area contributed by atoms with Gasteiger partial charge in [0, 0.05) is 12.0 Å². The molecule has 0 atom stereocenters. The molecule has 2 aromatic heterocycles. The van der Waals surface area contributed by atoms with Crippen molar-refractivity contribution < 1.29 is 9.21 Å². The summed E-state index contributed by atoms with van der Waals surface area (Å²) in [4.78, 5) is 34.0. The van der Waals surface area contributed by atoms with E-state index in [1.54, 1.807) is 0 Å². The monoisotopic (exact) mass is 260 g/mol. The van der Waals surface area contributed by atoms with E-state index < -0.39 is 5.91 Å². The number of aromatic nitrogens is 3. The number of rotatable bonds is 4. The van der Waals surface area contributed by atoms with Crippen LogP contribution in [0.25, 0.3) is 0 Å². The normalized spacial score (nSPS) is 14.3. The largest absolute Gasteiger partial charge is 0.447 e. The summed E-state index contributed by atoms with van der Waals surface area (Å²) in [6.45, 7) is 0.214. The molecule has 7 nitrogen and oxygen atoms in total. The maximum Gasteiger partial charge on any atom is 0.270 e. The van der Waals surface area contributed by atoms with E-state index in [2.05, 4.69) is 20.3 Å². The average molecular weight is 260 g/mol.